The summed E-state index contributed by atoms with van der Waals surface area (Å²) in [6, 6.07) is 13.4. The Morgan fingerprint density at radius 3 is 2.63 bits per heavy atom. The van der Waals surface area contributed by atoms with Crippen LogP contribution in [0.15, 0.2) is 57.9 Å². The van der Waals surface area contributed by atoms with Gasteiger partial charge in [0.15, 0.2) is 0 Å². The van der Waals surface area contributed by atoms with Gasteiger partial charge in [0.05, 0.1) is 12.3 Å². The Morgan fingerprint density at radius 1 is 1.22 bits per heavy atom. The molecule has 0 saturated heterocycles. The second-order valence-electron chi connectivity index (χ2n) is 6.57. The minimum atomic E-state index is -0.268. The predicted octanol–water partition coefficient (Wildman–Crippen LogP) is 2.41. The minimum Gasteiger partial charge on any atom is -0.467 e. The Hall–Kier alpha value is -3.09. The van der Waals surface area contributed by atoms with Crippen LogP contribution in [0.4, 0.5) is 0 Å². The van der Waals surface area contributed by atoms with Crippen LogP contribution in [0.1, 0.15) is 30.1 Å². The normalized spacial score (nSPS) is 12.1. The van der Waals surface area contributed by atoms with Crippen molar-refractivity contribution in [2.24, 2.45) is 0 Å². The Kier molecular flexibility index (Phi) is 5.59. The number of hydrogen-bond donors (Lipinski definition) is 0. The van der Waals surface area contributed by atoms with Crippen LogP contribution in [-0.4, -0.2) is 32.2 Å². The molecule has 3 rings (SSSR count). The molecule has 0 radical (unpaired) electrons. The van der Waals surface area contributed by atoms with Gasteiger partial charge >= 0.3 is 5.69 Å². The molecule has 0 fully saturated rings. The van der Waals surface area contributed by atoms with Gasteiger partial charge < -0.3 is 9.32 Å². The summed E-state index contributed by atoms with van der Waals surface area (Å²) in [6.07, 6.45) is 2.31. The van der Waals surface area contributed by atoms with Crippen LogP contribution in [-0.2, 0) is 24.3 Å². The lowest BCUT2D eigenvalue weighted by Gasteiger charge is -2.23. The Labute approximate surface area is 157 Å². The molecule has 0 N–H and O–H groups in total. The van der Waals surface area contributed by atoms with Crippen molar-refractivity contribution < 1.29 is 9.21 Å². The molecule has 0 saturated carbocycles. The first kappa shape index (κ1) is 18.7. The van der Waals surface area contributed by atoms with E-state index in [1.165, 1.54) is 4.68 Å². The quantitative estimate of drug-likeness (QED) is 0.642. The smallest absolute Gasteiger partial charge is 0.346 e. The molecule has 7 heteroatoms. The number of hydrogen-bond acceptors (Lipinski definition) is 4. The summed E-state index contributed by atoms with van der Waals surface area (Å²) in [5.74, 6) is 1.10. The maximum absolute atomic E-state index is 12.6. The van der Waals surface area contributed by atoms with Crippen molar-refractivity contribution in [1.29, 1.82) is 0 Å². The average molecular weight is 368 g/mol. The molecule has 1 atom stereocenters. The highest BCUT2D eigenvalue weighted by Crippen LogP contribution is 2.19. The third-order valence-corrected chi connectivity index (χ3v) is 4.79. The van der Waals surface area contributed by atoms with Gasteiger partial charge in [0.2, 0.25) is 5.91 Å². The Balaban J connectivity index is 1.68. The lowest BCUT2D eigenvalue weighted by Crippen LogP contribution is -2.36. The fourth-order valence-electron chi connectivity index (χ4n) is 2.97. The molecule has 27 heavy (non-hydrogen) atoms. The van der Waals surface area contributed by atoms with Crippen LogP contribution in [0.2, 0.25) is 0 Å². The van der Waals surface area contributed by atoms with E-state index in [0.717, 1.165) is 12.0 Å². The van der Waals surface area contributed by atoms with E-state index in [0.29, 0.717) is 18.1 Å². The summed E-state index contributed by atoms with van der Waals surface area (Å²) >= 11 is 0. The molecule has 1 aromatic carbocycles. The summed E-state index contributed by atoms with van der Waals surface area (Å²) in [5, 5.41) is 4.26. The standard InChI is InChI=1S/C20H24N4O3/c1-15(18-10-7-13-27-18)22(3)19(25)14-24-20(26)23(16(2)21-24)12-11-17-8-5-4-6-9-17/h4-10,13,15H,11-12,14H2,1-3H3/t15-/m1/s1. The number of nitrogens with zero attached hydrogens (tertiary/aromatic N) is 4. The van der Waals surface area contributed by atoms with Crippen LogP contribution in [0.5, 0.6) is 0 Å². The monoisotopic (exact) mass is 368 g/mol. The lowest BCUT2D eigenvalue weighted by atomic mass is 10.1. The van der Waals surface area contributed by atoms with Gasteiger partial charge in [-0.05, 0) is 38.0 Å². The van der Waals surface area contributed by atoms with E-state index in [2.05, 4.69) is 5.10 Å². The minimum absolute atomic E-state index is 0.0977. The highest BCUT2D eigenvalue weighted by molar-refractivity contribution is 5.76. The third-order valence-electron chi connectivity index (χ3n) is 4.79. The first-order chi connectivity index (χ1) is 13.0. The molecular weight excluding hydrogens is 344 g/mol. The number of carbonyl (C=O) groups is 1. The second kappa shape index (κ2) is 8.07. The fourth-order valence-corrected chi connectivity index (χ4v) is 2.97. The number of carbonyl (C=O) groups excluding carboxylic acids is 1. The summed E-state index contributed by atoms with van der Waals surface area (Å²) in [6.45, 7) is 4.09. The molecule has 1 amide bonds. The highest BCUT2D eigenvalue weighted by atomic mass is 16.3. The van der Waals surface area contributed by atoms with E-state index in [1.807, 2.05) is 43.3 Å². The number of rotatable bonds is 7. The van der Waals surface area contributed by atoms with E-state index in [4.69, 9.17) is 4.42 Å². The van der Waals surface area contributed by atoms with Crippen molar-refractivity contribution in [2.75, 3.05) is 7.05 Å². The van der Waals surface area contributed by atoms with Gasteiger partial charge in [-0.3, -0.25) is 9.36 Å². The maximum atomic E-state index is 12.6. The molecule has 0 aliphatic rings. The van der Waals surface area contributed by atoms with Crippen molar-refractivity contribution in [3.05, 3.63) is 76.4 Å². The summed E-state index contributed by atoms with van der Waals surface area (Å²) < 4.78 is 8.19. The lowest BCUT2D eigenvalue weighted by molar-refractivity contribution is -0.133. The van der Waals surface area contributed by atoms with Gasteiger partial charge in [-0.1, -0.05) is 30.3 Å². The molecule has 0 bridgehead atoms. The SMILES string of the molecule is Cc1nn(CC(=O)N(C)[C@H](C)c2ccco2)c(=O)n1CCc1ccccc1. The molecule has 2 aromatic heterocycles. The first-order valence-electron chi connectivity index (χ1n) is 8.94. The number of amides is 1. The molecule has 7 nitrogen and oxygen atoms in total. The molecule has 0 aliphatic carbocycles. The van der Waals surface area contributed by atoms with Crippen LogP contribution in [0.25, 0.3) is 0 Å². The zero-order chi connectivity index (χ0) is 19.4. The maximum Gasteiger partial charge on any atom is 0.346 e. The molecule has 0 unspecified atom stereocenters. The molecule has 2 heterocycles. The highest BCUT2D eigenvalue weighted by Gasteiger charge is 2.21. The van der Waals surface area contributed by atoms with E-state index < -0.39 is 0 Å². The van der Waals surface area contributed by atoms with Gasteiger partial charge in [-0.2, -0.15) is 5.10 Å². The predicted molar refractivity (Wildman–Crippen MR) is 101 cm³/mol. The van der Waals surface area contributed by atoms with Gasteiger partial charge in [0, 0.05) is 13.6 Å². The summed E-state index contributed by atoms with van der Waals surface area (Å²) in [4.78, 5) is 26.8. The average Bonchev–Trinajstić information content (AvgIpc) is 3.29. The summed E-state index contributed by atoms with van der Waals surface area (Å²) in [5.41, 5.74) is 0.885. The van der Waals surface area contributed by atoms with E-state index in [-0.39, 0.29) is 24.2 Å². The van der Waals surface area contributed by atoms with Crippen molar-refractivity contribution >= 4 is 5.91 Å². The van der Waals surface area contributed by atoms with Crippen molar-refractivity contribution in [3.8, 4) is 0 Å². The first-order valence-corrected chi connectivity index (χ1v) is 8.94. The Bertz CT molecular complexity index is 942. The number of aryl methyl sites for hydroxylation is 2. The zero-order valence-electron chi connectivity index (χ0n) is 15.8. The number of furan rings is 1. The molecule has 142 valence electrons. The van der Waals surface area contributed by atoms with Gasteiger partial charge in [0.1, 0.15) is 18.1 Å². The van der Waals surface area contributed by atoms with Crippen LogP contribution in [0.3, 0.4) is 0 Å². The van der Waals surface area contributed by atoms with Crippen LogP contribution < -0.4 is 5.69 Å². The van der Waals surface area contributed by atoms with Crippen LogP contribution in [0, 0.1) is 6.92 Å². The van der Waals surface area contributed by atoms with Crippen LogP contribution >= 0.6 is 0 Å². The molecule has 3 aromatic rings. The largest absolute Gasteiger partial charge is 0.467 e. The second-order valence-corrected chi connectivity index (χ2v) is 6.57. The summed E-state index contributed by atoms with van der Waals surface area (Å²) in [7, 11) is 1.69. The van der Waals surface area contributed by atoms with Gasteiger partial charge in [-0.25, -0.2) is 9.48 Å². The van der Waals surface area contributed by atoms with E-state index in [1.54, 1.807) is 35.8 Å². The molecular formula is C20H24N4O3. The third kappa shape index (κ3) is 4.19. The van der Waals surface area contributed by atoms with Gasteiger partial charge in [0.25, 0.3) is 0 Å². The molecule has 0 aliphatic heterocycles. The van der Waals surface area contributed by atoms with Crippen molar-refractivity contribution in [1.82, 2.24) is 19.2 Å². The zero-order valence-corrected chi connectivity index (χ0v) is 15.8. The van der Waals surface area contributed by atoms with E-state index >= 15 is 0 Å². The van der Waals surface area contributed by atoms with E-state index in [9.17, 15) is 9.59 Å². The number of benzene rings is 1. The van der Waals surface area contributed by atoms with Gasteiger partial charge in [-0.15, -0.1) is 0 Å². The topological polar surface area (TPSA) is 73.3 Å². The van der Waals surface area contributed by atoms with Crippen molar-refractivity contribution in [2.45, 2.75) is 39.4 Å². The number of likely N-dealkylation sites (N-methyl/N-ethyl adjacent to an activating group) is 1. The Morgan fingerprint density at radius 2 is 1.96 bits per heavy atom. The molecule has 0 spiro atoms. The fraction of sp³-hybridized carbons (Fsp3) is 0.350. The van der Waals surface area contributed by atoms with Crippen molar-refractivity contribution in [3.63, 3.8) is 0 Å². The number of aromatic nitrogens is 3.